The van der Waals surface area contributed by atoms with Crippen LogP contribution in [0.25, 0.3) is 0 Å². The van der Waals surface area contributed by atoms with Gasteiger partial charge in [0.25, 0.3) is 5.91 Å². The first-order valence-electron chi connectivity index (χ1n) is 8.71. The number of nitrogens with one attached hydrogen (secondary N) is 2. The topological polar surface area (TPSA) is 91.7 Å². The number of amides is 4. The molecule has 1 aromatic heterocycles. The molecular weight excluding hydrogens is 346 g/mol. The number of rotatable bonds is 4. The van der Waals surface area contributed by atoms with Gasteiger partial charge in [0.05, 0.1) is 0 Å². The van der Waals surface area contributed by atoms with E-state index in [4.69, 9.17) is 4.42 Å². The second-order valence-corrected chi connectivity index (χ2v) is 7.09. The summed E-state index contributed by atoms with van der Waals surface area (Å²) in [5.74, 6) is 0.302. The van der Waals surface area contributed by atoms with Crippen molar-refractivity contribution in [2.75, 3.05) is 11.9 Å². The number of furan rings is 1. The second kappa shape index (κ2) is 6.57. The van der Waals surface area contributed by atoms with Gasteiger partial charge in [0.15, 0.2) is 0 Å². The van der Waals surface area contributed by atoms with Gasteiger partial charge in [-0.1, -0.05) is 18.2 Å². The molecule has 0 bridgehead atoms. The summed E-state index contributed by atoms with van der Waals surface area (Å²) in [7, 11) is 0. The standard InChI is InChI=1S/C20H23N3O4/c1-11-7-6-8-12(2)17(11)21-16(24)10-23-18(25)20(5,22-19(23)26)15-9-13(3)27-14(15)4/h6-9H,10H2,1-5H3,(H,21,24)(H,22,26)/t20-/m0/s1. The Morgan fingerprint density at radius 2 is 1.81 bits per heavy atom. The molecule has 1 fully saturated rings. The molecule has 0 saturated carbocycles. The molecule has 4 amide bonds. The van der Waals surface area contributed by atoms with E-state index in [0.29, 0.717) is 22.8 Å². The fraction of sp³-hybridized carbons (Fsp3) is 0.350. The van der Waals surface area contributed by atoms with Crippen molar-refractivity contribution in [1.82, 2.24) is 10.2 Å². The van der Waals surface area contributed by atoms with Crippen LogP contribution in [0.1, 0.15) is 35.1 Å². The maximum absolute atomic E-state index is 12.9. The number of urea groups is 1. The van der Waals surface area contributed by atoms with Crippen molar-refractivity contribution in [3.05, 3.63) is 52.5 Å². The third kappa shape index (κ3) is 3.20. The highest BCUT2D eigenvalue weighted by Gasteiger charge is 2.51. The maximum atomic E-state index is 12.9. The summed E-state index contributed by atoms with van der Waals surface area (Å²) < 4.78 is 5.50. The second-order valence-electron chi connectivity index (χ2n) is 7.09. The third-order valence-corrected chi connectivity index (χ3v) is 4.90. The number of carbonyl (C=O) groups excluding carboxylic acids is 3. The van der Waals surface area contributed by atoms with E-state index in [2.05, 4.69) is 10.6 Å². The summed E-state index contributed by atoms with van der Waals surface area (Å²) in [5, 5.41) is 5.49. The number of anilines is 1. The normalized spacial score (nSPS) is 19.4. The van der Waals surface area contributed by atoms with Crippen LogP contribution in [-0.4, -0.2) is 29.3 Å². The van der Waals surface area contributed by atoms with E-state index >= 15 is 0 Å². The van der Waals surface area contributed by atoms with Gasteiger partial charge in [0, 0.05) is 11.3 Å². The van der Waals surface area contributed by atoms with Crippen LogP contribution >= 0.6 is 0 Å². The number of hydrogen-bond donors (Lipinski definition) is 2. The van der Waals surface area contributed by atoms with Gasteiger partial charge in [-0.3, -0.25) is 14.5 Å². The van der Waals surface area contributed by atoms with Gasteiger partial charge in [-0.05, 0) is 51.8 Å². The first-order chi connectivity index (χ1) is 12.6. The van der Waals surface area contributed by atoms with Crippen LogP contribution in [0.2, 0.25) is 0 Å². The number of carbonyl (C=O) groups is 3. The molecule has 2 heterocycles. The Balaban J connectivity index is 1.80. The Morgan fingerprint density at radius 3 is 2.37 bits per heavy atom. The minimum atomic E-state index is -1.25. The van der Waals surface area contributed by atoms with Crippen molar-refractivity contribution in [3.8, 4) is 0 Å². The highest BCUT2D eigenvalue weighted by atomic mass is 16.3. The van der Waals surface area contributed by atoms with Crippen molar-refractivity contribution in [2.24, 2.45) is 0 Å². The zero-order valence-corrected chi connectivity index (χ0v) is 16.1. The average Bonchev–Trinajstić information content (AvgIpc) is 3.03. The van der Waals surface area contributed by atoms with E-state index in [1.54, 1.807) is 26.8 Å². The number of hydrogen-bond acceptors (Lipinski definition) is 4. The molecule has 1 saturated heterocycles. The van der Waals surface area contributed by atoms with Gasteiger partial charge >= 0.3 is 6.03 Å². The van der Waals surface area contributed by atoms with Crippen LogP contribution in [0.3, 0.4) is 0 Å². The van der Waals surface area contributed by atoms with Crippen molar-refractivity contribution < 1.29 is 18.8 Å². The minimum Gasteiger partial charge on any atom is -0.466 e. The van der Waals surface area contributed by atoms with Gasteiger partial charge in [0.2, 0.25) is 5.91 Å². The third-order valence-electron chi connectivity index (χ3n) is 4.90. The van der Waals surface area contributed by atoms with Crippen LogP contribution in [0.4, 0.5) is 10.5 Å². The summed E-state index contributed by atoms with van der Waals surface area (Å²) in [5.41, 5.74) is 1.86. The predicted octanol–water partition coefficient (Wildman–Crippen LogP) is 2.92. The molecule has 2 aromatic rings. The van der Waals surface area contributed by atoms with Gasteiger partial charge in [0.1, 0.15) is 23.6 Å². The highest BCUT2D eigenvalue weighted by molar-refractivity contribution is 6.10. The molecule has 0 unspecified atom stereocenters. The quantitative estimate of drug-likeness (QED) is 0.811. The van der Waals surface area contributed by atoms with Gasteiger partial charge in [-0.25, -0.2) is 4.79 Å². The summed E-state index contributed by atoms with van der Waals surface area (Å²) in [6, 6.07) is 6.80. The Bertz CT molecular complexity index is 926. The fourth-order valence-electron chi connectivity index (χ4n) is 3.48. The van der Waals surface area contributed by atoms with Gasteiger partial charge < -0.3 is 15.1 Å². The Kier molecular flexibility index (Phi) is 4.55. The van der Waals surface area contributed by atoms with Crippen molar-refractivity contribution in [3.63, 3.8) is 0 Å². The highest BCUT2D eigenvalue weighted by Crippen LogP contribution is 2.32. The SMILES string of the molecule is Cc1cc([C@]2(C)NC(=O)N(CC(=O)Nc3c(C)cccc3C)C2=O)c(C)o1. The first kappa shape index (κ1) is 18.7. The Hall–Kier alpha value is -3.09. The van der Waals surface area contributed by atoms with Gasteiger partial charge in [-0.2, -0.15) is 0 Å². The molecule has 1 aromatic carbocycles. The molecule has 0 radical (unpaired) electrons. The zero-order valence-electron chi connectivity index (χ0n) is 16.1. The number of benzene rings is 1. The average molecular weight is 369 g/mol. The predicted molar refractivity (Wildman–Crippen MR) is 100 cm³/mol. The Morgan fingerprint density at radius 1 is 1.19 bits per heavy atom. The number of imide groups is 1. The lowest BCUT2D eigenvalue weighted by molar-refractivity contribution is -0.133. The smallest absolute Gasteiger partial charge is 0.325 e. The lowest BCUT2D eigenvalue weighted by Crippen LogP contribution is -2.42. The van der Waals surface area contributed by atoms with Crippen LogP contribution in [-0.2, 0) is 15.1 Å². The van der Waals surface area contributed by atoms with Crippen molar-refractivity contribution >= 4 is 23.5 Å². The van der Waals surface area contributed by atoms with Crippen molar-refractivity contribution in [1.29, 1.82) is 0 Å². The monoisotopic (exact) mass is 369 g/mol. The molecule has 7 nitrogen and oxygen atoms in total. The molecule has 27 heavy (non-hydrogen) atoms. The number of aryl methyl sites for hydroxylation is 4. The molecule has 142 valence electrons. The largest absolute Gasteiger partial charge is 0.466 e. The fourth-order valence-corrected chi connectivity index (χ4v) is 3.48. The number of para-hydroxylation sites is 1. The molecule has 2 N–H and O–H groups in total. The molecule has 0 spiro atoms. The van der Waals surface area contributed by atoms with Gasteiger partial charge in [-0.15, -0.1) is 0 Å². The maximum Gasteiger partial charge on any atom is 0.325 e. The molecule has 1 atom stereocenters. The molecule has 1 aliphatic heterocycles. The van der Waals surface area contributed by atoms with Crippen molar-refractivity contribution in [2.45, 2.75) is 40.2 Å². The molecule has 0 aliphatic carbocycles. The number of nitrogens with zero attached hydrogens (tertiary/aromatic N) is 1. The van der Waals surface area contributed by atoms with Crippen LogP contribution in [0, 0.1) is 27.7 Å². The summed E-state index contributed by atoms with van der Waals surface area (Å²) >= 11 is 0. The lowest BCUT2D eigenvalue weighted by atomic mass is 9.92. The summed E-state index contributed by atoms with van der Waals surface area (Å²) in [6.45, 7) is 8.55. The van der Waals surface area contributed by atoms with Crippen LogP contribution in [0.5, 0.6) is 0 Å². The van der Waals surface area contributed by atoms with E-state index in [9.17, 15) is 14.4 Å². The van der Waals surface area contributed by atoms with E-state index in [1.165, 1.54) is 0 Å². The molecule has 7 heteroatoms. The van der Waals surface area contributed by atoms with E-state index in [-0.39, 0.29) is 6.54 Å². The van der Waals surface area contributed by atoms with E-state index in [1.807, 2.05) is 32.0 Å². The Labute approximate surface area is 157 Å². The minimum absolute atomic E-state index is 0.357. The van der Waals surface area contributed by atoms with Crippen LogP contribution in [0.15, 0.2) is 28.7 Å². The summed E-state index contributed by atoms with van der Waals surface area (Å²) in [6.07, 6.45) is 0. The van der Waals surface area contributed by atoms with Crippen LogP contribution < -0.4 is 10.6 Å². The summed E-state index contributed by atoms with van der Waals surface area (Å²) in [4.78, 5) is 38.8. The first-order valence-corrected chi connectivity index (χ1v) is 8.71. The molecular formula is C20H23N3O4. The van der Waals surface area contributed by atoms with E-state index < -0.39 is 23.4 Å². The molecule has 1 aliphatic rings. The zero-order chi connectivity index (χ0) is 19.9. The molecule has 3 rings (SSSR count). The van der Waals surface area contributed by atoms with E-state index in [0.717, 1.165) is 16.0 Å². The lowest BCUT2D eigenvalue weighted by Gasteiger charge is -2.21.